The second-order valence-corrected chi connectivity index (χ2v) is 7.90. The third-order valence-corrected chi connectivity index (χ3v) is 5.86. The maximum absolute atomic E-state index is 4.72. The molecule has 2 N–H and O–H groups in total. The molecule has 3 rings (SSSR count). The minimum atomic E-state index is 0.568. The summed E-state index contributed by atoms with van der Waals surface area (Å²) in [5, 5.41) is 7.97. The first-order chi connectivity index (χ1) is 12.2. The fraction of sp³-hybridized carbons (Fsp3) is 0.500. The summed E-state index contributed by atoms with van der Waals surface area (Å²) >= 11 is 1.74. The summed E-state index contributed by atoms with van der Waals surface area (Å²) in [4.78, 5) is 10.6. The molecule has 0 aliphatic heterocycles. The number of aromatic nitrogens is 1. The topological polar surface area (TPSA) is 49.3 Å². The molecule has 0 saturated heterocycles. The smallest absolute Gasteiger partial charge is 0.191 e. The van der Waals surface area contributed by atoms with Crippen molar-refractivity contribution in [2.45, 2.75) is 52.5 Å². The molecule has 1 atom stereocenters. The van der Waals surface area contributed by atoms with E-state index in [-0.39, 0.29) is 0 Å². The number of fused-ring (bicyclic) bond motifs is 1. The van der Waals surface area contributed by atoms with E-state index in [0.717, 1.165) is 29.8 Å². The van der Waals surface area contributed by atoms with E-state index in [4.69, 9.17) is 4.99 Å². The largest absolute Gasteiger partial charge is 0.357 e. The van der Waals surface area contributed by atoms with Crippen LogP contribution in [0.15, 0.2) is 29.3 Å². The van der Waals surface area contributed by atoms with Crippen molar-refractivity contribution in [3.63, 3.8) is 0 Å². The van der Waals surface area contributed by atoms with Gasteiger partial charge in [-0.25, -0.2) is 9.98 Å². The summed E-state index contributed by atoms with van der Waals surface area (Å²) in [7, 11) is 0. The van der Waals surface area contributed by atoms with Crippen molar-refractivity contribution in [3.8, 4) is 0 Å². The summed E-state index contributed by atoms with van der Waals surface area (Å²) in [5.74, 6) is 1.45. The molecule has 25 heavy (non-hydrogen) atoms. The lowest BCUT2D eigenvalue weighted by Crippen LogP contribution is -2.39. The van der Waals surface area contributed by atoms with E-state index < -0.39 is 0 Å². The molecule has 0 spiro atoms. The molecular formula is C20H28N4S. The second kappa shape index (κ2) is 8.48. The van der Waals surface area contributed by atoms with Crippen LogP contribution in [0.5, 0.6) is 0 Å². The van der Waals surface area contributed by atoms with E-state index in [1.165, 1.54) is 35.3 Å². The van der Waals surface area contributed by atoms with Crippen LogP contribution in [0, 0.1) is 13.8 Å². The Kier molecular flexibility index (Phi) is 6.08. The summed E-state index contributed by atoms with van der Waals surface area (Å²) in [6.45, 7) is 8.70. The Bertz CT molecular complexity index is 716. The summed E-state index contributed by atoms with van der Waals surface area (Å²) in [6, 6.07) is 8.86. The number of nitrogens with one attached hydrogen (secondary N) is 2. The molecule has 0 fully saturated rings. The molecule has 0 amide bonds. The quantitative estimate of drug-likeness (QED) is 0.630. The Morgan fingerprint density at radius 3 is 2.88 bits per heavy atom. The Labute approximate surface area is 154 Å². The number of hydrogen-bond donors (Lipinski definition) is 2. The van der Waals surface area contributed by atoms with E-state index in [1.54, 1.807) is 11.3 Å². The molecule has 5 heteroatoms. The van der Waals surface area contributed by atoms with Crippen LogP contribution in [-0.2, 0) is 13.0 Å². The van der Waals surface area contributed by atoms with Gasteiger partial charge in [0.2, 0.25) is 0 Å². The lowest BCUT2D eigenvalue weighted by Gasteiger charge is -2.26. The van der Waals surface area contributed by atoms with Crippen molar-refractivity contribution in [3.05, 3.63) is 51.0 Å². The summed E-state index contributed by atoms with van der Waals surface area (Å²) in [6.07, 6.45) is 3.73. The van der Waals surface area contributed by atoms with Gasteiger partial charge in [-0.1, -0.05) is 24.3 Å². The Balaban J connectivity index is 1.63. The molecule has 0 radical (unpaired) electrons. The summed E-state index contributed by atoms with van der Waals surface area (Å²) in [5.41, 5.74) is 4.13. The highest BCUT2D eigenvalue weighted by atomic mass is 32.1. The summed E-state index contributed by atoms with van der Waals surface area (Å²) < 4.78 is 0. The van der Waals surface area contributed by atoms with Crippen molar-refractivity contribution in [2.75, 3.05) is 13.1 Å². The lowest BCUT2D eigenvalue weighted by atomic mass is 9.83. The van der Waals surface area contributed by atoms with Crippen LogP contribution in [0.3, 0.4) is 0 Å². The van der Waals surface area contributed by atoms with Crippen LogP contribution in [-0.4, -0.2) is 24.0 Å². The van der Waals surface area contributed by atoms with E-state index in [1.807, 2.05) is 0 Å². The number of hydrogen-bond acceptors (Lipinski definition) is 3. The maximum Gasteiger partial charge on any atom is 0.191 e. The highest BCUT2D eigenvalue weighted by Crippen LogP contribution is 2.30. The van der Waals surface area contributed by atoms with E-state index in [2.05, 4.69) is 60.7 Å². The normalized spacial score (nSPS) is 17.2. The van der Waals surface area contributed by atoms with Crippen LogP contribution in [0.1, 0.15) is 52.4 Å². The van der Waals surface area contributed by atoms with Crippen LogP contribution >= 0.6 is 11.3 Å². The maximum atomic E-state index is 4.72. The van der Waals surface area contributed by atoms with E-state index in [9.17, 15) is 0 Å². The van der Waals surface area contributed by atoms with Crippen molar-refractivity contribution >= 4 is 17.3 Å². The zero-order valence-electron chi connectivity index (χ0n) is 15.4. The molecule has 0 bridgehead atoms. The van der Waals surface area contributed by atoms with Crippen LogP contribution in [0.25, 0.3) is 0 Å². The Hall–Kier alpha value is -1.88. The third kappa shape index (κ3) is 4.60. The first-order valence-corrected chi connectivity index (χ1v) is 10.0. The SMILES string of the molecule is CCNC(=NCc1nc(C)c(C)s1)NCC1CCCc2ccccc21. The van der Waals surface area contributed by atoms with Gasteiger partial charge in [-0.15, -0.1) is 11.3 Å². The second-order valence-electron chi connectivity index (χ2n) is 6.61. The number of benzene rings is 1. The molecule has 1 heterocycles. The van der Waals surface area contributed by atoms with Crippen LogP contribution in [0.2, 0.25) is 0 Å². The van der Waals surface area contributed by atoms with Gasteiger partial charge in [0.1, 0.15) is 5.01 Å². The predicted octanol–water partition coefficient (Wildman–Crippen LogP) is 3.94. The fourth-order valence-corrected chi connectivity index (χ4v) is 4.24. The number of rotatable bonds is 5. The van der Waals surface area contributed by atoms with Gasteiger partial charge in [-0.3, -0.25) is 0 Å². The number of aliphatic imine (C=N–C) groups is 1. The standard InChI is InChI=1S/C20H28N4S/c1-4-21-20(23-13-19-24-14(2)15(3)25-19)22-12-17-10-7-9-16-8-5-6-11-18(16)17/h5-6,8,11,17H,4,7,9-10,12-13H2,1-3H3,(H2,21,22,23). The Morgan fingerprint density at radius 1 is 1.28 bits per heavy atom. The van der Waals surface area contributed by atoms with Crippen molar-refractivity contribution in [2.24, 2.45) is 4.99 Å². The van der Waals surface area contributed by atoms with Crippen molar-refractivity contribution in [1.29, 1.82) is 0 Å². The van der Waals surface area contributed by atoms with Gasteiger partial charge in [0.05, 0.1) is 12.2 Å². The van der Waals surface area contributed by atoms with Gasteiger partial charge >= 0.3 is 0 Å². The van der Waals surface area contributed by atoms with Crippen LogP contribution in [0.4, 0.5) is 0 Å². The minimum absolute atomic E-state index is 0.568. The number of nitrogens with zero attached hydrogens (tertiary/aromatic N) is 2. The minimum Gasteiger partial charge on any atom is -0.357 e. The molecule has 1 aromatic heterocycles. The van der Waals surface area contributed by atoms with Gasteiger partial charge in [-0.2, -0.15) is 0 Å². The predicted molar refractivity (Wildman–Crippen MR) is 107 cm³/mol. The Morgan fingerprint density at radius 2 is 2.12 bits per heavy atom. The van der Waals surface area contributed by atoms with E-state index >= 15 is 0 Å². The monoisotopic (exact) mass is 356 g/mol. The lowest BCUT2D eigenvalue weighted by molar-refractivity contribution is 0.539. The number of aryl methyl sites for hydroxylation is 3. The average molecular weight is 357 g/mol. The van der Waals surface area contributed by atoms with Gasteiger partial charge < -0.3 is 10.6 Å². The van der Waals surface area contributed by atoms with Gasteiger partial charge in [0, 0.05) is 23.9 Å². The van der Waals surface area contributed by atoms with Gasteiger partial charge in [-0.05, 0) is 51.2 Å². The number of thiazole rings is 1. The van der Waals surface area contributed by atoms with Crippen molar-refractivity contribution < 1.29 is 0 Å². The molecule has 2 aromatic rings. The average Bonchev–Trinajstić information content (AvgIpc) is 2.95. The third-order valence-electron chi connectivity index (χ3n) is 4.80. The van der Waals surface area contributed by atoms with Crippen LogP contribution < -0.4 is 10.6 Å². The van der Waals surface area contributed by atoms with E-state index in [0.29, 0.717) is 12.5 Å². The van der Waals surface area contributed by atoms with Gasteiger partial charge in [0.15, 0.2) is 5.96 Å². The molecule has 1 aliphatic rings. The molecule has 134 valence electrons. The molecule has 4 nitrogen and oxygen atoms in total. The molecular weight excluding hydrogens is 328 g/mol. The highest BCUT2D eigenvalue weighted by molar-refractivity contribution is 7.11. The van der Waals surface area contributed by atoms with Crippen molar-refractivity contribution in [1.82, 2.24) is 15.6 Å². The molecule has 0 saturated carbocycles. The molecule has 1 aromatic carbocycles. The first kappa shape index (κ1) is 17.9. The zero-order chi connectivity index (χ0) is 17.6. The highest BCUT2D eigenvalue weighted by Gasteiger charge is 2.19. The van der Waals surface area contributed by atoms with Gasteiger partial charge in [0.25, 0.3) is 0 Å². The molecule has 1 aliphatic carbocycles. The number of guanidine groups is 1. The first-order valence-electron chi connectivity index (χ1n) is 9.20. The fourth-order valence-electron chi connectivity index (χ4n) is 3.38. The molecule has 1 unspecified atom stereocenters. The zero-order valence-corrected chi connectivity index (χ0v) is 16.2.